The molecule has 3 rings (SSSR count). The van der Waals surface area contributed by atoms with Gasteiger partial charge in [0.25, 0.3) is 11.8 Å². The molecule has 0 bridgehead atoms. The number of amides is 1. The van der Waals surface area contributed by atoms with E-state index >= 15 is 0 Å². The van der Waals surface area contributed by atoms with E-state index in [0.717, 1.165) is 3.79 Å². The summed E-state index contributed by atoms with van der Waals surface area (Å²) in [7, 11) is 0. The minimum absolute atomic E-state index is 0.180. The van der Waals surface area contributed by atoms with Crippen LogP contribution in [-0.2, 0) is 0 Å². The molecule has 0 aliphatic carbocycles. The number of carbonyl (C=O) groups is 1. The highest BCUT2D eigenvalue weighted by Crippen LogP contribution is 2.27. The Hall–Kier alpha value is -1.99. The molecule has 0 atom stereocenters. The zero-order valence-corrected chi connectivity index (χ0v) is 13.4. The number of carbonyl (C=O) groups excluding carboxylic acids is 1. The molecule has 0 saturated carbocycles. The van der Waals surface area contributed by atoms with E-state index in [1.165, 1.54) is 11.3 Å². The van der Waals surface area contributed by atoms with E-state index in [-0.39, 0.29) is 5.91 Å². The van der Waals surface area contributed by atoms with Crippen LogP contribution in [0.4, 0.5) is 5.69 Å². The SMILES string of the molecule is Cc1noc(-c2ccccc2NC(=O)c2csc(Br)c2)n1. The molecule has 0 aliphatic rings. The van der Waals surface area contributed by atoms with Crippen LogP contribution < -0.4 is 5.32 Å². The van der Waals surface area contributed by atoms with Gasteiger partial charge >= 0.3 is 0 Å². The van der Waals surface area contributed by atoms with Crippen LogP contribution in [-0.4, -0.2) is 16.0 Å². The first kappa shape index (κ1) is 14.0. The number of aryl methyl sites for hydroxylation is 1. The summed E-state index contributed by atoms with van der Waals surface area (Å²) in [6.07, 6.45) is 0. The first-order valence-electron chi connectivity index (χ1n) is 6.08. The fourth-order valence-corrected chi connectivity index (χ4v) is 2.95. The van der Waals surface area contributed by atoms with Crippen molar-refractivity contribution in [1.82, 2.24) is 10.1 Å². The van der Waals surface area contributed by atoms with Crippen molar-refractivity contribution in [3.8, 4) is 11.5 Å². The quantitative estimate of drug-likeness (QED) is 0.759. The van der Waals surface area contributed by atoms with Gasteiger partial charge in [-0.05, 0) is 41.1 Å². The van der Waals surface area contributed by atoms with Gasteiger partial charge in [-0.3, -0.25) is 4.79 Å². The predicted molar refractivity (Wildman–Crippen MR) is 84.4 cm³/mol. The molecule has 1 aromatic carbocycles. The van der Waals surface area contributed by atoms with E-state index in [2.05, 4.69) is 31.4 Å². The first-order chi connectivity index (χ1) is 10.1. The van der Waals surface area contributed by atoms with Gasteiger partial charge in [0.05, 0.1) is 20.6 Å². The van der Waals surface area contributed by atoms with Gasteiger partial charge in [0.15, 0.2) is 5.82 Å². The molecule has 2 aromatic heterocycles. The fraction of sp³-hybridized carbons (Fsp3) is 0.0714. The number of para-hydroxylation sites is 1. The molecule has 0 aliphatic heterocycles. The average molecular weight is 364 g/mol. The van der Waals surface area contributed by atoms with Gasteiger partial charge in [-0.2, -0.15) is 4.98 Å². The smallest absolute Gasteiger partial charge is 0.260 e. The average Bonchev–Trinajstić information content (AvgIpc) is 3.08. The number of nitrogens with one attached hydrogen (secondary N) is 1. The maximum atomic E-state index is 12.2. The molecule has 0 spiro atoms. The van der Waals surface area contributed by atoms with Crippen LogP contribution in [0.25, 0.3) is 11.5 Å². The molecule has 1 amide bonds. The number of rotatable bonds is 3. The van der Waals surface area contributed by atoms with Crippen molar-refractivity contribution >= 4 is 38.9 Å². The molecule has 5 nitrogen and oxygen atoms in total. The van der Waals surface area contributed by atoms with Crippen LogP contribution >= 0.6 is 27.3 Å². The van der Waals surface area contributed by atoms with Crippen LogP contribution in [0, 0.1) is 6.92 Å². The molecule has 0 unspecified atom stereocenters. The molecule has 1 N–H and O–H groups in total. The first-order valence-corrected chi connectivity index (χ1v) is 7.76. The fourth-order valence-electron chi connectivity index (χ4n) is 1.81. The lowest BCUT2D eigenvalue weighted by atomic mass is 10.1. The number of benzene rings is 1. The normalized spacial score (nSPS) is 10.6. The lowest BCUT2D eigenvalue weighted by molar-refractivity contribution is 0.102. The summed E-state index contributed by atoms with van der Waals surface area (Å²) < 4.78 is 6.08. The predicted octanol–water partition coefficient (Wildman–Crippen LogP) is 4.12. The molecule has 106 valence electrons. The Morgan fingerprint density at radius 1 is 1.38 bits per heavy atom. The molecule has 21 heavy (non-hydrogen) atoms. The molecule has 2 heterocycles. The molecule has 7 heteroatoms. The summed E-state index contributed by atoms with van der Waals surface area (Å²) in [5, 5.41) is 8.43. The third-order valence-electron chi connectivity index (χ3n) is 2.76. The van der Waals surface area contributed by atoms with Crippen molar-refractivity contribution < 1.29 is 9.32 Å². The zero-order chi connectivity index (χ0) is 14.8. The van der Waals surface area contributed by atoms with Gasteiger partial charge in [0.2, 0.25) is 0 Å². The Labute approximate surface area is 133 Å². The van der Waals surface area contributed by atoms with Crippen LogP contribution in [0.3, 0.4) is 0 Å². The number of thiophene rings is 1. The second kappa shape index (κ2) is 5.79. The maximum absolute atomic E-state index is 12.2. The van der Waals surface area contributed by atoms with Crippen molar-refractivity contribution in [2.75, 3.05) is 5.32 Å². The van der Waals surface area contributed by atoms with E-state index in [1.54, 1.807) is 24.4 Å². The minimum atomic E-state index is -0.180. The Morgan fingerprint density at radius 3 is 2.86 bits per heavy atom. The number of nitrogens with zero attached hydrogens (tertiary/aromatic N) is 2. The highest BCUT2D eigenvalue weighted by atomic mass is 79.9. The summed E-state index contributed by atoms with van der Waals surface area (Å²) in [6, 6.07) is 9.09. The Bertz CT molecular complexity index is 797. The van der Waals surface area contributed by atoms with Crippen LogP contribution in [0.2, 0.25) is 0 Å². The van der Waals surface area contributed by atoms with Gasteiger partial charge in [0, 0.05) is 5.38 Å². The van der Waals surface area contributed by atoms with Crippen molar-refractivity contribution in [3.63, 3.8) is 0 Å². The topological polar surface area (TPSA) is 68.0 Å². The maximum Gasteiger partial charge on any atom is 0.260 e. The summed E-state index contributed by atoms with van der Waals surface area (Å²) in [5.74, 6) is 0.753. The van der Waals surface area contributed by atoms with Crippen LogP contribution in [0.5, 0.6) is 0 Å². The molecule has 3 aromatic rings. The number of halogens is 1. The summed E-state index contributed by atoms with van der Waals surface area (Å²) in [6.45, 7) is 1.75. The van der Waals surface area contributed by atoms with Crippen molar-refractivity contribution in [2.45, 2.75) is 6.92 Å². The number of hydrogen-bond acceptors (Lipinski definition) is 5. The Kier molecular flexibility index (Phi) is 3.85. The monoisotopic (exact) mass is 363 g/mol. The van der Waals surface area contributed by atoms with E-state index in [1.807, 2.05) is 18.2 Å². The van der Waals surface area contributed by atoms with Crippen molar-refractivity contribution in [2.24, 2.45) is 0 Å². The van der Waals surface area contributed by atoms with Gasteiger partial charge in [-0.25, -0.2) is 0 Å². The lowest BCUT2D eigenvalue weighted by Gasteiger charge is -2.07. The van der Waals surface area contributed by atoms with Crippen molar-refractivity contribution in [3.05, 3.63) is 50.9 Å². The third-order valence-corrected chi connectivity index (χ3v) is 4.27. The highest BCUT2D eigenvalue weighted by Gasteiger charge is 2.14. The van der Waals surface area contributed by atoms with Gasteiger partial charge < -0.3 is 9.84 Å². The molecular formula is C14H10BrN3O2S. The number of aromatic nitrogens is 2. The molecule has 0 radical (unpaired) electrons. The van der Waals surface area contributed by atoms with Gasteiger partial charge in [0.1, 0.15) is 0 Å². The van der Waals surface area contributed by atoms with Crippen molar-refractivity contribution in [1.29, 1.82) is 0 Å². The molecule has 0 saturated heterocycles. The second-order valence-electron chi connectivity index (χ2n) is 4.29. The third kappa shape index (κ3) is 3.03. The van der Waals surface area contributed by atoms with E-state index in [0.29, 0.717) is 28.5 Å². The van der Waals surface area contributed by atoms with Crippen LogP contribution in [0.15, 0.2) is 44.0 Å². The Morgan fingerprint density at radius 2 is 2.19 bits per heavy atom. The standard InChI is InChI=1S/C14H10BrN3O2S/c1-8-16-14(20-18-8)10-4-2-3-5-11(10)17-13(19)9-6-12(15)21-7-9/h2-7H,1H3,(H,17,19). The summed E-state index contributed by atoms with van der Waals surface area (Å²) in [5.41, 5.74) is 1.93. The zero-order valence-electron chi connectivity index (χ0n) is 11.0. The largest absolute Gasteiger partial charge is 0.334 e. The van der Waals surface area contributed by atoms with Gasteiger partial charge in [-0.1, -0.05) is 17.3 Å². The number of anilines is 1. The summed E-state index contributed by atoms with van der Waals surface area (Å²) in [4.78, 5) is 16.4. The van der Waals surface area contributed by atoms with E-state index in [4.69, 9.17) is 4.52 Å². The van der Waals surface area contributed by atoms with Gasteiger partial charge in [-0.15, -0.1) is 11.3 Å². The van der Waals surface area contributed by atoms with Crippen LogP contribution in [0.1, 0.15) is 16.2 Å². The lowest BCUT2D eigenvalue weighted by Crippen LogP contribution is -2.11. The second-order valence-corrected chi connectivity index (χ2v) is 6.58. The van der Waals surface area contributed by atoms with E-state index in [9.17, 15) is 4.79 Å². The number of hydrogen-bond donors (Lipinski definition) is 1. The summed E-state index contributed by atoms with van der Waals surface area (Å²) >= 11 is 4.81. The minimum Gasteiger partial charge on any atom is -0.334 e. The molecular weight excluding hydrogens is 354 g/mol. The highest BCUT2D eigenvalue weighted by molar-refractivity contribution is 9.11. The molecule has 0 fully saturated rings. The van der Waals surface area contributed by atoms with E-state index < -0.39 is 0 Å². The Balaban J connectivity index is 1.91.